The van der Waals surface area contributed by atoms with Crippen molar-refractivity contribution in [2.24, 2.45) is 0 Å². The van der Waals surface area contributed by atoms with Gasteiger partial charge in [-0.25, -0.2) is 18.7 Å². The number of nitrogens with zero attached hydrogens (tertiary/aromatic N) is 3. The summed E-state index contributed by atoms with van der Waals surface area (Å²) in [5.41, 5.74) is 4.47. The molecular formula is C26H22F2N6O. The average Bonchev–Trinajstić information content (AvgIpc) is 3.33. The molecule has 1 amide bonds. The first-order valence-electron chi connectivity index (χ1n) is 11.1. The number of carbonyl (C=O) groups is 1. The van der Waals surface area contributed by atoms with Crippen LogP contribution in [0, 0.1) is 0 Å². The maximum Gasteiger partial charge on any atom is 0.255 e. The van der Waals surface area contributed by atoms with Gasteiger partial charge in [-0.3, -0.25) is 9.78 Å². The zero-order valence-electron chi connectivity index (χ0n) is 18.6. The van der Waals surface area contributed by atoms with Crippen LogP contribution in [-0.2, 0) is 6.54 Å². The van der Waals surface area contributed by atoms with E-state index in [-0.39, 0.29) is 18.9 Å². The summed E-state index contributed by atoms with van der Waals surface area (Å²) in [5.74, 6) is -0.790. The molecule has 4 heterocycles. The van der Waals surface area contributed by atoms with Gasteiger partial charge >= 0.3 is 0 Å². The summed E-state index contributed by atoms with van der Waals surface area (Å²) in [6.45, 7) is 0.444. The maximum absolute atomic E-state index is 13.5. The Morgan fingerprint density at radius 2 is 1.94 bits per heavy atom. The molecule has 0 radical (unpaired) electrons. The fourth-order valence-electron chi connectivity index (χ4n) is 3.94. The minimum Gasteiger partial charge on any atom is -0.364 e. The molecule has 1 unspecified atom stereocenters. The number of alkyl halides is 1. The van der Waals surface area contributed by atoms with E-state index in [0.717, 1.165) is 33.9 Å². The van der Waals surface area contributed by atoms with E-state index >= 15 is 0 Å². The molecule has 0 spiro atoms. The van der Waals surface area contributed by atoms with Gasteiger partial charge in [-0.2, -0.15) is 0 Å². The number of aromatic nitrogens is 4. The Kier molecular flexibility index (Phi) is 6.30. The zero-order chi connectivity index (χ0) is 24.2. The van der Waals surface area contributed by atoms with Gasteiger partial charge in [-0.05, 0) is 53.6 Å². The van der Waals surface area contributed by atoms with E-state index < -0.39 is 12.0 Å². The fraction of sp³-hybridized carbons (Fsp3) is 0.154. The van der Waals surface area contributed by atoms with Crippen LogP contribution in [0.15, 0.2) is 84.7 Å². The molecule has 0 saturated carbocycles. The van der Waals surface area contributed by atoms with Crippen molar-refractivity contribution < 1.29 is 13.6 Å². The molecular weight excluding hydrogens is 450 g/mol. The van der Waals surface area contributed by atoms with Crippen molar-refractivity contribution in [3.63, 3.8) is 0 Å². The first-order valence-corrected chi connectivity index (χ1v) is 11.1. The molecule has 9 heteroatoms. The van der Waals surface area contributed by atoms with Gasteiger partial charge in [0.05, 0.1) is 17.8 Å². The highest BCUT2D eigenvalue weighted by Crippen LogP contribution is 2.28. The molecule has 7 nitrogen and oxygen atoms in total. The molecule has 1 aliphatic carbocycles. The van der Waals surface area contributed by atoms with E-state index in [1.165, 1.54) is 0 Å². The smallest absolute Gasteiger partial charge is 0.255 e. The minimum absolute atomic E-state index is 0.0334. The largest absolute Gasteiger partial charge is 0.364 e. The van der Waals surface area contributed by atoms with Crippen LogP contribution < -0.4 is 10.6 Å². The summed E-state index contributed by atoms with van der Waals surface area (Å²) >= 11 is 0. The molecule has 0 fully saturated rings. The number of hydrogen-bond donors (Lipinski definition) is 3. The third-order valence-electron chi connectivity index (χ3n) is 5.73. The van der Waals surface area contributed by atoms with E-state index in [0.29, 0.717) is 23.5 Å². The lowest BCUT2D eigenvalue weighted by Crippen LogP contribution is -2.27. The van der Waals surface area contributed by atoms with Crippen LogP contribution in [-0.4, -0.2) is 38.6 Å². The Balaban J connectivity index is 1.27. The summed E-state index contributed by atoms with van der Waals surface area (Å²) in [6.07, 6.45) is 8.05. The molecule has 3 N–H and O–H groups in total. The number of nitrogens with one attached hydrogen (secondary N) is 3. The summed E-state index contributed by atoms with van der Waals surface area (Å²) < 4.78 is 26.8. The van der Waals surface area contributed by atoms with Crippen molar-refractivity contribution in [3.05, 3.63) is 96.0 Å². The Hall–Kier alpha value is -4.40. The highest BCUT2D eigenvalue weighted by Gasteiger charge is 2.18. The Morgan fingerprint density at radius 1 is 1.09 bits per heavy atom. The zero-order valence-corrected chi connectivity index (χ0v) is 18.6. The number of allylic oxidation sites excluding steroid dienone is 2. The van der Waals surface area contributed by atoms with Crippen molar-refractivity contribution in [2.45, 2.75) is 19.1 Å². The summed E-state index contributed by atoms with van der Waals surface area (Å²) in [5, 5.41) is 6.94. The van der Waals surface area contributed by atoms with Crippen molar-refractivity contribution in [2.75, 3.05) is 11.9 Å². The summed E-state index contributed by atoms with van der Waals surface area (Å²) in [4.78, 5) is 29.0. The predicted molar refractivity (Wildman–Crippen MR) is 130 cm³/mol. The van der Waals surface area contributed by atoms with Gasteiger partial charge in [0.2, 0.25) is 0 Å². The Labute approximate surface area is 200 Å². The predicted octanol–water partition coefficient (Wildman–Crippen LogP) is 4.88. The number of carbonyl (C=O) groups excluding carboxylic acids is 1. The molecule has 35 heavy (non-hydrogen) atoms. The minimum atomic E-state index is -1.61. The van der Waals surface area contributed by atoms with E-state index in [1.807, 2.05) is 30.5 Å². The van der Waals surface area contributed by atoms with Gasteiger partial charge in [-0.1, -0.05) is 6.08 Å². The van der Waals surface area contributed by atoms with Crippen LogP contribution in [0.5, 0.6) is 0 Å². The fourth-order valence-corrected chi connectivity index (χ4v) is 3.94. The number of hydrogen-bond acceptors (Lipinski definition) is 5. The van der Waals surface area contributed by atoms with Crippen molar-refractivity contribution in [1.82, 2.24) is 25.3 Å². The monoisotopic (exact) mass is 472 g/mol. The van der Waals surface area contributed by atoms with Crippen LogP contribution in [0.1, 0.15) is 22.5 Å². The number of halogens is 2. The van der Waals surface area contributed by atoms with E-state index in [4.69, 9.17) is 0 Å². The van der Waals surface area contributed by atoms with Gasteiger partial charge in [0.15, 0.2) is 6.17 Å². The molecule has 1 atom stereocenters. The highest BCUT2D eigenvalue weighted by atomic mass is 19.2. The third kappa shape index (κ3) is 4.93. The van der Waals surface area contributed by atoms with Gasteiger partial charge in [0, 0.05) is 48.7 Å². The van der Waals surface area contributed by atoms with Gasteiger partial charge in [-0.15, -0.1) is 0 Å². The number of pyridine rings is 3. The molecule has 0 aliphatic heterocycles. The molecule has 176 valence electrons. The van der Waals surface area contributed by atoms with Crippen molar-refractivity contribution >= 4 is 22.8 Å². The van der Waals surface area contributed by atoms with E-state index in [1.54, 1.807) is 36.8 Å². The quantitative estimate of drug-likeness (QED) is 0.356. The number of anilines is 1. The molecule has 1 aliphatic rings. The average molecular weight is 472 g/mol. The van der Waals surface area contributed by atoms with Crippen molar-refractivity contribution in [3.8, 4) is 11.1 Å². The second-order valence-electron chi connectivity index (χ2n) is 8.09. The van der Waals surface area contributed by atoms with Gasteiger partial charge in [0.1, 0.15) is 17.3 Å². The van der Waals surface area contributed by atoms with Crippen LogP contribution in [0.25, 0.3) is 22.2 Å². The first-order chi connectivity index (χ1) is 17.1. The molecule has 4 aromatic heterocycles. The lowest BCUT2D eigenvalue weighted by molar-refractivity contribution is 0.0957. The topological polar surface area (TPSA) is 95.6 Å². The summed E-state index contributed by atoms with van der Waals surface area (Å²) in [7, 11) is 0. The maximum atomic E-state index is 13.5. The number of amides is 1. The number of H-pyrrole nitrogens is 1. The van der Waals surface area contributed by atoms with Gasteiger partial charge in [0.25, 0.3) is 5.91 Å². The first kappa shape index (κ1) is 22.4. The third-order valence-corrected chi connectivity index (χ3v) is 5.73. The lowest BCUT2D eigenvalue weighted by atomic mass is 10.0. The molecule has 0 saturated heterocycles. The van der Waals surface area contributed by atoms with E-state index in [2.05, 4.69) is 30.6 Å². The van der Waals surface area contributed by atoms with Crippen LogP contribution in [0.4, 0.5) is 14.6 Å². The molecule has 0 bridgehead atoms. The highest BCUT2D eigenvalue weighted by molar-refractivity contribution is 5.99. The molecule has 4 aromatic rings. The van der Waals surface area contributed by atoms with Crippen molar-refractivity contribution in [1.29, 1.82) is 0 Å². The normalized spacial score (nSPS) is 15.4. The van der Waals surface area contributed by atoms with Gasteiger partial charge < -0.3 is 15.6 Å². The second-order valence-corrected chi connectivity index (χ2v) is 8.09. The van der Waals surface area contributed by atoms with E-state index in [9.17, 15) is 13.6 Å². The number of rotatable bonds is 7. The van der Waals surface area contributed by atoms with Crippen LogP contribution in [0.2, 0.25) is 0 Å². The standard InChI is InChI=1S/C26H22F2N6O/c27-22-6-5-16(11-23(22)28)13-34-26(35)20-4-2-9-31-25(20)32-14-18-12-17(7-10-29-18)21-15-33-24-19(21)3-1-8-30-24/h1-5,7-12,15,22H,6,13-14H2,(H,30,33)(H,31,32)(H,34,35). The Morgan fingerprint density at radius 3 is 2.83 bits per heavy atom. The number of fused-ring (bicyclic) bond motifs is 1. The van der Waals surface area contributed by atoms with Crippen LogP contribution in [0.3, 0.4) is 0 Å². The molecule has 0 aromatic carbocycles. The summed E-state index contributed by atoms with van der Waals surface area (Å²) in [6, 6.07) is 11.1. The molecule has 5 rings (SSSR count). The lowest BCUT2D eigenvalue weighted by Gasteiger charge is -2.14. The second kappa shape index (κ2) is 9.84. The van der Waals surface area contributed by atoms with Crippen LogP contribution >= 0.6 is 0 Å². The SMILES string of the molecule is O=C(NCC1=CCC(F)C(F)=C1)c1cccnc1NCc1cc(-c2c[nH]c3ncccc23)ccn1. The number of aromatic amines is 1. The Bertz CT molecular complexity index is 1440.